The zero-order valence-electron chi connectivity index (χ0n) is 11.6. The molecule has 0 heterocycles. The number of carboxylic acids is 2. The lowest BCUT2D eigenvalue weighted by Gasteiger charge is -2.22. The molecule has 1 aromatic rings. The maximum absolute atomic E-state index is 11.0. The first-order valence-electron chi connectivity index (χ1n) is 6.03. The molecule has 110 valence electrons. The number of aliphatic carboxylic acids is 2. The first-order valence-corrected chi connectivity index (χ1v) is 6.03. The van der Waals surface area contributed by atoms with E-state index in [9.17, 15) is 9.59 Å². The summed E-state index contributed by atoms with van der Waals surface area (Å²) in [4.78, 5) is 21.9. The van der Waals surface area contributed by atoms with Crippen molar-refractivity contribution >= 4 is 11.9 Å². The Morgan fingerprint density at radius 3 is 2.45 bits per heavy atom. The topological polar surface area (TPSA) is 93.1 Å². The largest absolute Gasteiger partial charge is 0.479 e. The standard InChI is InChI=1S/C14H18O6/c1-14(2,13(17)18)20-10-6-4-5-9(7-10)8-11(19-3)12(15)16/h4-7,11H,8H2,1-3H3,(H,15,16)(H,17,18)/t11-/m0/s1. The molecule has 0 unspecified atom stereocenters. The van der Waals surface area contributed by atoms with E-state index in [1.165, 1.54) is 21.0 Å². The van der Waals surface area contributed by atoms with Crippen LogP contribution in [0.15, 0.2) is 24.3 Å². The highest BCUT2D eigenvalue weighted by Gasteiger charge is 2.29. The van der Waals surface area contributed by atoms with E-state index in [4.69, 9.17) is 19.7 Å². The lowest BCUT2D eigenvalue weighted by molar-refractivity contribution is -0.152. The van der Waals surface area contributed by atoms with Crippen LogP contribution in [0.5, 0.6) is 5.75 Å². The summed E-state index contributed by atoms with van der Waals surface area (Å²) in [5.41, 5.74) is -0.663. The molecule has 0 bridgehead atoms. The van der Waals surface area contributed by atoms with Gasteiger partial charge >= 0.3 is 11.9 Å². The summed E-state index contributed by atoms with van der Waals surface area (Å²) in [6.45, 7) is 2.88. The van der Waals surface area contributed by atoms with E-state index in [-0.39, 0.29) is 6.42 Å². The molecule has 1 aromatic carbocycles. The van der Waals surface area contributed by atoms with Crippen LogP contribution in [0.4, 0.5) is 0 Å². The predicted octanol–water partition coefficient (Wildman–Crippen LogP) is 1.57. The minimum atomic E-state index is -1.36. The summed E-state index contributed by atoms with van der Waals surface area (Å²) >= 11 is 0. The number of hydrogen-bond donors (Lipinski definition) is 2. The van der Waals surface area contributed by atoms with Crippen molar-refractivity contribution in [3.8, 4) is 5.75 Å². The molecule has 0 aliphatic rings. The van der Waals surface area contributed by atoms with Gasteiger partial charge in [0.2, 0.25) is 0 Å². The molecule has 0 spiro atoms. The summed E-state index contributed by atoms with van der Waals surface area (Å²) in [5, 5.41) is 17.9. The van der Waals surface area contributed by atoms with Crippen LogP contribution in [-0.4, -0.2) is 41.0 Å². The van der Waals surface area contributed by atoms with E-state index in [1.807, 2.05) is 0 Å². The highest BCUT2D eigenvalue weighted by Crippen LogP contribution is 2.21. The molecule has 0 amide bonds. The van der Waals surface area contributed by atoms with Crippen LogP contribution in [0.2, 0.25) is 0 Å². The van der Waals surface area contributed by atoms with Gasteiger partial charge in [0.15, 0.2) is 11.7 Å². The Hall–Kier alpha value is -2.08. The van der Waals surface area contributed by atoms with Crippen LogP contribution >= 0.6 is 0 Å². The first kappa shape index (κ1) is 16.0. The molecule has 0 saturated carbocycles. The van der Waals surface area contributed by atoms with Gasteiger partial charge in [-0.1, -0.05) is 12.1 Å². The summed E-state index contributed by atoms with van der Waals surface area (Å²) < 4.78 is 10.3. The maximum atomic E-state index is 11.0. The molecule has 2 N–H and O–H groups in total. The first-order chi connectivity index (χ1) is 9.26. The van der Waals surface area contributed by atoms with Gasteiger partial charge in [0, 0.05) is 13.5 Å². The van der Waals surface area contributed by atoms with Crippen molar-refractivity contribution in [2.45, 2.75) is 32.0 Å². The zero-order chi connectivity index (χ0) is 15.3. The Kier molecular flexibility index (Phi) is 5.10. The third-order valence-electron chi connectivity index (χ3n) is 2.77. The second kappa shape index (κ2) is 6.38. The number of methoxy groups -OCH3 is 1. The molecule has 6 nitrogen and oxygen atoms in total. The Labute approximate surface area is 116 Å². The molecule has 0 fully saturated rings. The van der Waals surface area contributed by atoms with Crippen LogP contribution in [0.25, 0.3) is 0 Å². The van der Waals surface area contributed by atoms with Crippen LogP contribution in [-0.2, 0) is 20.7 Å². The zero-order valence-corrected chi connectivity index (χ0v) is 11.6. The van der Waals surface area contributed by atoms with Crippen molar-refractivity contribution in [1.29, 1.82) is 0 Å². The van der Waals surface area contributed by atoms with Gasteiger partial charge in [0.25, 0.3) is 0 Å². The van der Waals surface area contributed by atoms with Gasteiger partial charge in [-0.15, -0.1) is 0 Å². The lowest BCUT2D eigenvalue weighted by atomic mass is 10.1. The van der Waals surface area contributed by atoms with Gasteiger partial charge < -0.3 is 19.7 Å². The fourth-order valence-electron chi connectivity index (χ4n) is 1.56. The predicted molar refractivity (Wildman–Crippen MR) is 70.9 cm³/mol. The van der Waals surface area contributed by atoms with Crippen LogP contribution < -0.4 is 4.74 Å². The molecule has 20 heavy (non-hydrogen) atoms. The van der Waals surface area contributed by atoms with Crippen molar-refractivity contribution in [2.75, 3.05) is 7.11 Å². The van der Waals surface area contributed by atoms with Gasteiger partial charge in [-0.3, -0.25) is 0 Å². The van der Waals surface area contributed by atoms with Gasteiger partial charge in [0.05, 0.1) is 0 Å². The minimum Gasteiger partial charge on any atom is -0.479 e. The van der Waals surface area contributed by atoms with Crippen molar-refractivity contribution in [3.63, 3.8) is 0 Å². The molecule has 1 rings (SSSR count). The Morgan fingerprint density at radius 2 is 1.95 bits per heavy atom. The van der Waals surface area contributed by atoms with Crippen molar-refractivity contribution in [3.05, 3.63) is 29.8 Å². The SMILES string of the molecule is CO[C@@H](Cc1cccc(OC(C)(C)C(=O)O)c1)C(=O)O. The average Bonchev–Trinajstić information content (AvgIpc) is 2.35. The number of rotatable bonds is 7. The summed E-state index contributed by atoms with van der Waals surface area (Å²) in [6.07, 6.45) is -0.769. The van der Waals surface area contributed by atoms with E-state index in [2.05, 4.69) is 0 Å². The number of ether oxygens (including phenoxy) is 2. The van der Waals surface area contributed by atoms with Crippen LogP contribution in [0.1, 0.15) is 19.4 Å². The molecule has 1 atom stereocenters. The fraction of sp³-hybridized carbons (Fsp3) is 0.429. The summed E-state index contributed by atoms with van der Waals surface area (Å²) in [6, 6.07) is 6.64. The highest BCUT2D eigenvalue weighted by atomic mass is 16.5. The van der Waals surface area contributed by atoms with Crippen molar-refractivity contribution in [2.24, 2.45) is 0 Å². The van der Waals surface area contributed by atoms with Gasteiger partial charge in [-0.2, -0.15) is 0 Å². The molecular weight excluding hydrogens is 264 g/mol. The van der Waals surface area contributed by atoms with Gasteiger partial charge in [-0.05, 0) is 31.5 Å². The lowest BCUT2D eigenvalue weighted by Crippen LogP contribution is -2.37. The van der Waals surface area contributed by atoms with E-state index >= 15 is 0 Å². The second-order valence-corrected chi connectivity index (χ2v) is 4.83. The molecule has 0 radical (unpaired) electrons. The Bertz CT molecular complexity index is 494. The number of carbonyl (C=O) groups is 2. The average molecular weight is 282 g/mol. The highest BCUT2D eigenvalue weighted by molar-refractivity contribution is 5.76. The molecule has 6 heteroatoms. The van der Waals surface area contributed by atoms with Gasteiger partial charge in [0.1, 0.15) is 5.75 Å². The van der Waals surface area contributed by atoms with E-state index in [0.29, 0.717) is 11.3 Å². The quantitative estimate of drug-likeness (QED) is 0.788. The van der Waals surface area contributed by atoms with Crippen molar-refractivity contribution in [1.82, 2.24) is 0 Å². The minimum absolute atomic E-state index is 0.177. The molecule has 0 saturated heterocycles. The number of carboxylic acid groups (broad SMARTS) is 2. The second-order valence-electron chi connectivity index (χ2n) is 4.83. The van der Waals surface area contributed by atoms with Crippen LogP contribution in [0, 0.1) is 0 Å². The van der Waals surface area contributed by atoms with Crippen molar-refractivity contribution < 1.29 is 29.3 Å². The monoisotopic (exact) mass is 282 g/mol. The summed E-state index contributed by atoms with van der Waals surface area (Å²) in [5.74, 6) is -1.76. The molecular formula is C14H18O6. The molecule has 0 aromatic heterocycles. The van der Waals surface area contributed by atoms with E-state index in [0.717, 1.165) is 0 Å². The van der Waals surface area contributed by atoms with E-state index < -0.39 is 23.6 Å². The molecule has 0 aliphatic carbocycles. The summed E-state index contributed by atoms with van der Waals surface area (Å²) in [7, 11) is 1.33. The third kappa shape index (κ3) is 4.24. The number of hydrogen-bond acceptors (Lipinski definition) is 4. The fourth-order valence-corrected chi connectivity index (χ4v) is 1.56. The number of benzene rings is 1. The molecule has 0 aliphatic heterocycles. The maximum Gasteiger partial charge on any atom is 0.347 e. The van der Waals surface area contributed by atoms with Gasteiger partial charge in [-0.25, -0.2) is 9.59 Å². The third-order valence-corrected chi connectivity index (χ3v) is 2.77. The smallest absolute Gasteiger partial charge is 0.347 e. The Morgan fingerprint density at radius 1 is 1.30 bits per heavy atom. The Balaban J connectivity index is 2.86. The van der Waals surface area contributed by atoms with E-state index in [1.54, 1.807) is 24.3 Å². The normalized spacial score (nSPS) is 12.8. The van der Waals surface area contributed by atoms with Crippen LogP contribution in [0.3, 0.4) is 0 Å².